The molecule has 0 fully saturated rings. The smallest absolute Gasteiger partial charge is 0.227 e. The predicted molar refractivity (Wildman–Crippen MR) is 102 cm³/mol. The van der Waals surface area contributed by atoms with Gasteiger partial charge in [0.1, 0.15) is 5.82 Å². The Balaban J connectivity index is 1.80. The number of rotatable bonds is 5. The maximum absolute atomic E-state index is 11.6. The normalized spacial score (nSPS) is 14.0. The fraction of sp³-hybridized carbons (Fsp3) is 0.450. The van der Waals surface area contributed by atoms with Crippen molar-refractivity contribution in [2.24, 2.45) is 0 Å². The number of benzene rings is 1. The van der Waals surface area contributed by atoms with Gasteiger partial charge in [-0.05, 0) is 56.9 Å². The first-order valence-corrected chi connectivity index (χ1v) is 9.08. The Morgan fingerprint density at radius 2 is 1.84 bits per heavy atom. The van der Waals surface area contributed by atoms with Crippen LogP contribution in [-0.2, 0) is 12.8 Å². The molecule has 0 N–H and O–H groups in total. The van der Waals surface area contributed by atoms with Gasteiger partial charge < -0.3 is 9.80 Å². The summed E-state index contributed by atoms with van der Waals surface area (Å²) in [6, 6.07) is 8.06. The van der Waals surface area contributed by atoms with Gasteiger partial charge in [-0.2, -0.15) is 4.98 Å². The SMILES string of the molecule is CCN(CC)c1ccnc(N2CCc3ccc(C(C)=O)cc3CC2)n1. The summed E-state index contributed by atoms with van der Waals surface area (Å²) in [4.78, 5) is 25.4. The number of anilines is 2. The Morgan fingerprint density at radius 3 is 2.52 bits per heavy atom. The molecular weight excluding hydrogens is 312 g/mol. The highest BCUT2D eigenvalue weighted by atomic mass is 16.1. The molecule has 1 aliphatic rings. The third-order valence-corrected chi connectivity index (χ3v) is 4.91. The summed E-state index contributed by atoms with van der Waals surface area (Å²) in [6.45, 7) is 9.54. The molecule has 0 saturated heterocycles. The first-order valence-electron chi connectivity index (χ1n) is 9.08. The second kappa shape index (κ2) is 7.64. The maximum Gasteiger partial charge on any atom is 0.227 e. The Hall–Kier alpha value is -2.43. The molecule has 0 aliphatic carbocycles. The predicted octanol–water partition coefficient (Wildman–Crippen LogP) is 3.13. The number of carbonyl (C=O) groups excluding carboxylic acids is 1. The molecule has 1 aliphatic heterocycles. The summed E-state index contributed by atoms with van der Waals surface area (Å²) in [7, 11) is 0. The molecule has 0 spiro atoms. The number of hydrogen-bond donors (Lipinski definition) is 0. The molecule has 0 amide bonds. The largest absolute Gasteiger partial charge is 0.357 e. The molecule has 0 bridgehead atoms. The first kappa shape index (κ1) is 17.4. The Kier molecular flexibility index (Phi) is 5.31. The number of aromatic nitrogens is 2. The minimum Gasteiger partial charge on any atom is -0.357 e. The molecule has 2 heterocycles. The van der Waals surface area contributed by atoms with Gasteiger partial charge in [0.25, 0.3) is 0 Å². The zero-order valence-corrected chi connectivity index (χ0v) is 15.3. The van der Waals surface area contributed by atoms with E-state index in [4.69, 9.17) is 4.98 Å². The fourth-order valence-corrected chi connectivity index (χ4v) is 3.36. The molecule has 5 heteroatoms. The fourth-order valence-electron chi connectivity index (χ4n) is 3.36. The summed E-state index contributed by atoms with van der Waals surface area (Å²) in [6.07, 6.45) is 3.71. The van der Waals surface area contributed by atoms with Gasteiger partial charge in [0.2, 0.25) is 5.95 Å². The van der Waals surface area contributed by atoms with E-state index in [-0.39, 0.29) is 5.78 Å². The molecule has 0 atom stereocenters. The van der Waals surface area contributed by atoms with Crippen LogP contribution >= 0.6 is 0 Å². The number of Topliss-reactive ketones (excluding diaryl/α,β-unsaturated/α-hetero) is 1. The van der Waals surface area contributed by atoms with Gasteiger partial charge in [0.15, 0.2) is 5.78 Å². The lowest BCUT2D eigenvalue weighted by Gasteiger charge is -2.24. The highest BCUT2D eigenvalue weighted by Gasteiger charge is 2.18. The van der Waals surface area contributed by atoms with E-state index in [0.717, 1.165) is 56.4 Å². The van der Waals surface area contributed by atoms with E-state index in [1.807, 2.05) is 24.4 Å². The monoisotopic (exact) mass is 338 g/mol. The highest BCUT2D eigenvalue weighted by Crippen LogP contribution is 2.21. The molecule has 1 aromatic heterocycles. The van der Waals surface area contributed by atoms with E-state index < -0.39 is 0 Å². The quantitative estimate of drug-likeness (QED) is 0.784. The molecule has 132 valence electrons. The minimum atomic E-state index is 0.124. The average Bonchev–Trinajstić information content (AvgIpc) is 2.85. The van der Waals surface area contributed by atoms with Crippen molar-refractivity contribution in [2.75, 3.05) is 36.0 Å². The summed E-state index contributed by atoms with van der Waals surface area (Å²) in [5.41, 5.74) is 3.40. The van der Waals surface area contributed by atoms with Gasteiger partial charge in [0, 0.05) is 37.9 Å². The van der Waals surface area contributed by atoms with E-state index in [2.05, 4.69) is 34.7 Å². The Labute approximate surface area is 149 Å². The van der Waals surface area contributed by atoms with Crippen molar-refractivity contribution in [3.63, 3.8) is 0 Å². The van der Waals surface area contributed by atoms with Gasteiger partial charge >= 0.3 is 0 Å². The molecule has 1 aromatic carbocycles. The molecule has 0 radical (unpaired) electrons. The van der Waals surface area contributed by atoms with E-state index in [1.165, 1.54) is 11.1 Å². The third-order valence-electron chi connectivity index (χ3n) is 4.91. The molecule has 2 aromatic rings. The maximum atomic E-state index is 11.6. The van der Waals surface area contributed by atoms with Crippen LogP contribution < -0.4 is 9.80 Å². The van der Waals surface area contributed by atoms with E-state index >= 15 is 0 Å². The van der Waals surface area contributed by atoms with Gasteiger partial charge in [-0.3, -0.25) is 4.79 Å². The Morgan fingerprint density at radius 1 is 1.12 bits per heavy atom. The lowest BCUT2D eigenvalue weighted by Crippen LogP contribution is -2.29. The van der Waals surface area contributed by atoms with Crippen LogP contribution in [0.4, 0.5) is 11.8 Å². The highest BCUT2D eigenvalue weighted by molar-refractivity contribution is 5.94. The number of carbonyl (C=O) groups is 1. The van der Waals surface area contributed by atoms with Crippen LogP contribution in [-0.4, -0.2) is 41.9 Å². The van der Waals surface area contributed by atoms with Crippen molar-refractivity contribution in [2.45, 2.75) is 33.6 Å². The summed E-state index contributed by atoms with van der Waals surface area (Å²) in [5, 5.41) is 0. The molecule has 25 heavy (non-hydrogen) atoms. The number of ketones is 1. The topological polar surface area (TPSA) is 49.3 Å². The second-order valence-electron chi connectivity index (χ2n) is 6.41. The van der Waals surface area contributed by atoms with Gasteiger partial charge in [-0.1, -0.05) is 12.1 Å². The molecule has 0 saturated carbocycles. The van der Waals surface area contributed by atoms with Gasteiger partial charge in [-0.15, -0.1) is 0 Å². The van der Waals surface area contributed by atoms with E-state index in [0.29, 0.717) is 0 Å². The average molecular weight is 338 g/mol. The molecular formula is C20H26N4O. The van der Waals surface area contributed by atoms with Crippen LogP contribution in [0.15, 0.2) is 30.5 Å². The van der Waals surface area contributed by atoms with Gasteiger partial charge in [0.05, 0.1) is 0 Å². The number of fused-ring (bicyclic) bond motifs is 1. The summed E-state index contributed by atoms with van der Waals surface area (Å²) < 4.78 is 0. The van der Waals surface area contributed by atoms with Crippen molar-refractivity contribution in [3.05, 3.63) is 47.2 Å². The standard InChI is InChI=1S/C20H26N4O/c1-4-23(5-2)19-8-11-21-20(22-19)24-12-9-16-6-7-17(15(3)25)14-18(16)10-13-24/h6-8,11,14H,4-5,9-10,12-13H2,1-3H3. The molecule has 3 rings (SSSR count). The van der Waals surface area contributed by atoms with Crippen LogP contribution in [0.5, 0.6) is 0 Å². The summed E-state index contributed by atoms with van der Waals surface area (Å²) in [5.74, 6) is 1.90. The van der Waals surface area contributed by atoms with Crippen molar-refractivity contribution >= 4 is 17.5 Å². The van der Waals surface area contributed by atoms with Crippen molar-refractivity contribution < 1.29 is 4.79 Å². The summed E-state index contributed by atoms with van der Waals surface area (Å²) >= 11 is 0. The van der Waals surface area contributed by atoms with Gasteiger partial charge in [-0.25, -0.2) is 4.98 Å². The minimum absolute atomic E-state index is 0.124. The molecule has 5 nitrogen and oxygen atoms in total. The number of hydrogen-bond acceptors (Lipinski definition) is 5. The third kappa shape index (κ3) is 3.81. The van der Waals surface area contributed by atoms with Crippen LogP contribution in [0.2, 0.25) is 0 Å². The van der Waals surface area contributed by atoms with Crippen LogP contribution in [0.1, 0.15) is 42.3 Å². The van der Waals surface area contributed by atoms with Crippen LogP contribution in [0.3, 0.4) is 0 Å². The second-order valence-corrected chi connectivity index (χ2v) is 6.41. The zero-order chi connectivity index (χ0) is 17.8. The van der Waals surface area contributed by atoms with E-state index in [9.17, 15) is 4.79 Å². The van der Waals surface area contributed by atoms with Crippen LogP contribution in [0.25, 0.3) is 0 Å². The molecule has 0 unspecified atom stereocenters. The van der Waals surface area contributed by atoms with Crippen molar-refractivity contribution in [1.82, 2.24) is 9.97 Å². The van der Waals surface area contributed by atoms with Crippen LogP contribution in [0, 0.1) is 0 Å². The first-order chi connectivity index (χ1) is 12.1. The lowest BCUT2D eigenvalue weighted by atomic mass is 9.99. The van der Waals surface area contributed by atoms with E-state index in [1.54, 1.807) is 6.92 Å². The lowest BCUT2D eigenvalue weighted by molar-refractivity contribution is 0.101. The zero-order valence-electron chi connectivity index (χ0n) is 15.3. The number of nitrogens with zero attached hydrogens (tertiary/aromatic N) is 4. The Bertz CT molecular complexity index is 755. The van der Waals surface area contributed by atoms with Crippen molar-refractivity contribution in [1.29, 1.82) is 0 Å². The van der Waals surface area contributed by atoms with Crippen molar-refractivity contribution in [3.8, 4) is 0 Å².